The summed E-state index contributed by atoms with van der Waals surface area (Å²) >= 11 is 0. The van der Waals surface area contributed by atoms with E-state index in [-0.39, 0.29) is 42.6 Å². The third-order valence-corrected chi connectivity index (χ3v) is 2.17. The van der Waals surface area contributed by atoms with Gasteiger partial charge in [0, 0.05) is 0 Å². The highest BCUT2D eigenvalue weighted by Gasteiger charge is 2.31. The van der Waals surface area contributed by atoms with Gasteiger partial charge in [-0.25, -0.2) is 0 Å². The van der Waals surface area contributed by atoms with Crippen molar-refractivity contribution >= 4 is 17.6 Å². The van der Waals surface area contributed by atoms with Crippen LogP contribution in [0.15, 0.2) is 0 Å². The maximum absolute atomic E-state index is 11.5. The zero-order chi connectivity index (χ0) is 12.4. The van der Waals surface area contributed by atoms with Crippen molar-refractivity contribution in [1.29, 1.82) is 0 Å². The maximum atomic E-state index is 11.5. The van der Waals surface area contributed by atoms with Gasteiger partial charge in [0.2, 0.25) is 11.9 Å². The van der Waals surface area contributed by atoms with Crippen molar-refractivity contribution in [3.8, 4) is 12.0 Å². The van der Waals surface area contributed by atoms with Crippen LogP contribution in [0, 0.1) is 0 Å². The van der Waals surface area contributed by atoms with E-state index in [2.05, 4.69) is 15.0 Å². The highest BCUT2D eigenvalue weighted by Crippen LogP contribution is 2.19. The number of hydrogen-bond acceptors (Lipinski definition) is 7. The van der Waals surface area contributed by atoms with Crippen LogP contribution in [0.1, 0.15) is 6.42 Å². The number of nitrogens with zero attached hydrogens (tertiary/aromatic N) is 4. The largest absolute Gasteiger partial charge is 0.467 e. The number of carbonyl (C=O) groups excluding carboxylic acids is 2. The highest BCUT2D eigenvalue weighted by molar-refractivity contribution is 6.14. The predicted molar refractivity (Wildman–Crippen MR) is 54.9 cm³/mol. The van der Waals surface area contributed by atoms with Gasteiger partial charge in [0.1, 0.15) is 0 Å². The first-order valence-corrected chi connectivity index (χ1v) is 4.80. The second-order valence-electron chi connectivity index (χ2n) is 3.30. The Morgan fingerprint density at radius 3 is 2.06 bits per heavy atom. The molecule has 1 aliphatic rings. The van der Waals surface area contributed by atoms with Gasteiger partial charge >= 0.3 is 12.0 Å². The molecular weight excluding hydrogens is 228 g/mol. The van der Waals surface area contributed by atoms with Crippen molar-refractivity contribution < 1.29 is 19.1 Å². The van der Waals surface area contributed by atoms with Crippen molar-refractivity contribution in [2.45, 2.75) is 6.42 Å². The molecule has 0 aromatic carbocycles. The number of ketones is 1. The fourth-order valence-electron chi connectivity index (χ4n) is 1.40. The second-order valence-corrected chi connectivity index (χ2v) is 3.30. The SMILES string of the molecule is COc1nc(OC)nc(N2CC(=O)CC2=O)n1. The Bertz CT molecular complexity index is 454. The lowest BCUT2D eigenvalue weighted by Crippen LogP contribution is -2.27. The topological polar surface area (TPSA) is 94.5 Å². The van der Waals surface area contributed by atoms with Crippen molar-refractivity contribution in [2.24, 2.45) is 0 Å². The van der Waals surface area contributed by atoms with E-state index in [9.17, 15) is 9.59 Å². The zero-order valence-corrected chi connectivity index (χ0v) is 9.34. The Labute approximate surface area is 96.6 Å². The fraction of sp³-hybridized carbons (Fsp3) is 0.444. The highest BCUT2D eigenvalue weighted by atomic mass is 16.5. The molecule has 0 spiro atoms. The average Bonchev–Trinajstić information content (AvgIpc) is 2.67. The number of carbonyl (C=O) groups is 2. The van der Waals surface area contributed by atoms with E-state index >= 15 is 0 Å². The number of rotatable bonds is 3. The minimum absolute atomic E-state index is 0.0269. The Hall–Kier alpha value is -2.25. The maximum Gasteiger partial charge on any atom is 0.324 e. The number of methoxy groups -OCH3 is 2. The van der Waals surface area contributed by atoms with Gasteiger partial charge in [0.15, 0.2) is 5.78 Å². The molecule has 0 saturated carbocycles. The molecule has 2 rings (SSSR count). The molecule has 0 aliphatic carbocycles. The van der Waals surface area contributed by atoms with Crippen LogP contribution in [0.5, 0.6) is 12.0 Å². The van der Waals surface area contributed by atoms with Gasteiger partial charge in [0.05, 0.1) is 27.2 Å². The first kappa shape index (κ1) is 11.2. The summed E-state index contributed by atoms with van der Waals surface area (Å²) in [6.45, 7) is -0.0326. The molecule has 0 radical (unpaired) electrons. The molecule has 0 N–H and O–H groups in total. The second kappa shape index (κ2) is 4.32. The molecule has 0 bridgehead atoms. The zero-order valence-electron chi connectivity index (χ0n) is 9.34. The van der Waals surface area contributed by atoms with E-state index in [1.54, 1.807) is 0 Å². The number of amides is 1. The summed E-state index contributed by atoms with van der Waals surface area (Å²) in [7, 11) is 2.77. The minimum Gasteiger partial charge on any atom is -0.467 e. The Kier molecular flexibility index (Phi) is 2.86. The van der Waals surface area contributed by atoms with E-state index in [1.807, 2.05) is 0 Å². The van der Waals surface area contributed by atoms with Crippen molar-refractivity contribution in [2.75, 3.05) is 25.7 Å². The summed E-state index contributed by atoms with van der Waals surface area (Å²) in [5.74, 6) is -0.455. The van der Waals surface area contributed by atoms with Crippen LogP contribution < -0.4 is 14.4 Å². The summed E-state index contributed by atoms with van der Waals surface area (Å²) in [4.78, 5) is 35.4. The molecule has 1 aromatic heterocycles. The van der Waals surface area contributed by atoms with Crippen molar-refractivity contribution in [3.63, 3.8) is 0 Å². The van der Waals surface area contributed by atoms with Crippen LogP contribution in [0.3, 0.4) is 0 Å². The first-order valence-electron chi connectivity index (χ1n) is 4.80. The third kappa shape index (κ3) is 2.14. The van der Waals surface area contributed by atoms with Crippen LogP contribution in [0.4, 0.5) is 5.95 Å². The molecule has 2 heterocycles. The smallest absolute Gasteiger partial charge is 0.324 e. The van der Waals surface area contributed by atoms with E-state index in [0.717, 1.165) is 0 Å². The molecule has 1 saturated heterocycles. The first-order chi connectivity index (χ1) is 8.13. The van der Waals surface area contributed by atoms with Gasteiger partial charge < -0.3 is 9.47 Å². The molecule has 1 amide bonds. The van der Waals surface area contributed by atoms with Gasteiger partial charge in [-0.2, -0.15) is 9.97 Å². The molecular formula is C9H10N4O4. The van der Waals surface area contributed by atoms with E-state index < -0.39 is 0 Å². The van der Waals surface area contributed by atoms with Crippen LogP contribution in [0.25, 0.3) is 0 Å². The monoisotopic (exact) mass is 238 g/mol. The fourth-order valence-corrected chi connectivity index (χ4v) is 1.40. The van der Waals surface area contributed by atoms with Gasteiger partial charge in [0.25, 0.3) is 0 Å². The standard InChI is InChI=1S/C9H10N4O4/c1-16-8-10-7(11-9(12-8)17-2)13-4-5(14)3-6(13)15/h3-4H2,1-2H3. The number of Topliss-reactive ketones (excluding diaryl/α,β-unsaturated/α-hetero) is 1. The Balaban J connectivity index is 2.37. The van der Waals surface area contributed by atoms with E-state index in [1.165, 1.54) is 19.1 Å². The number of aromatic nitrogens is 3. The Morgan fingerprint density at radius 1 is 1.06 bits per heavy atom. The average molecular weight is 238 g/mol. The van der Waals surface area contributed by atoms with Crippen molar-refractivity contribution in [3.05, 3.63) is 0 Å². The lowest BCUT2D eigenvalue weighted by Gasteiger charge is -2.12. The van der Waals surface area contributed by atoms with E-state index in [0.29, 0.717) is 0 Å². The van der Waals surface area contributed by atoms with Gasteiger partial charge in [-0.1, -0.05) is 0 Å². The van der Waals surface area contributed by atoms with E-state index in [4.69, 9.17) is 9.47 Å². The summed E-state index contributed by atoms with van der Waals surface area (Å²) in [6.07, 6.45) is -0.129. The normalized spacial score (nSPS) is 15.3. The van der Waals surface area contributed by atoms with Crippen molar-refractivity contribution in [1.82, 2.24) is 15.0 Å². The summed E-state index contributed by atoms with van der Waals surface area (Å²) in [5, 5.41) is 0. The molecule has 0 unspecified atom stereocenters. The summed E-state index contributed by atoms with van der Waals surface area (Å²) in [5.41, 5.74) is 0. The molecule has 1 aliphatic heterocycles. The molecule has 8 nitrogen and oxygen atoms in total. The molecule has 90 valence electrons. The number of anilines is 1. The molecule has 1 fully saturated rings. The predicted octanol–water partition coefficient (Wildman–Crippen LogP) is -0.805. The summed E-state index contributed by atoms with van der Waals surface area (Å²) < 4.78 is 9.71. The quantitative estimate of drug-likeness (QED) is 0.636. The molecule has 8 heteroatoms. The third-order valence-electron chi connectivity index (χ3n) is 2.17. The van der Waals surface area contributed by atoms with Gasteiger partial charge in [-0.15, -0.1) is 4.98 Å². The Morgan fingerprint density at radius 2 is 1.65 bits per heavy atom. The number of ether oxygens (including phenoxy) is 2. The van der Waals surface area contributed by atoms with Crippen LogP contribution in [-0.2, 0) is 9.59 Å². The summed E-state index contributed by atoms with van der Waals surface area (Å²) in [6, 6.07) is 0.0537. The van der Waals surface area contributed by atoms with Gasteiger partial charge in [-0.3, -0.25) is 14.5 Å². The minimum atomic E-state index is -0.342. The molecule has 1 aromatic rings. The molecule has 0 atom stereocenters. The lowest BCUT2D eigenvalue weighted by atomic mass is 10.3. The number of hydrogen-bond donors (Lipinski definition) is 0. The lowest BCUT2D eigenvalue weighted by molar-refractivity contribution is -0.121. The molecule has 17 heavy (non-hydrogen) atoms. The van der Waals surface area contributed by atoms with Crippen LogP contribution in [-0.4, -0.2) is 47.4 Å². The van der Waals surface area contributed by atoms with Crippen LogP contribution >= 0.6 is 0 Å². The van der Waals surface area contributed by atoms with Gasteiger partial charge in [-0.05, 0) is 0 Å². The van der Waals surface area contributed by atoms with Crippen LogP contribution in [0.2, 0.25) is 0 Å².